The van der Waals surface area contributed by atoms with E-state index < -0.39 is 10.0 Å². The number of rotatable bonds is 5. The maximum Gasteiger partial charge on any atom is 0.233 e. The lowest BCUT2D eigenvalue weighted by Crippen LogP contribution is -2.20. The van der Waals surface area contributed by atoms with Crippen molar-refractivity contribution in [2.45, 2.75) is 12.8 Å². The van der Waals surface area contributed by atoms with Crippen molar-refractivity contribution in [1.82, 2.24) is 0 Å². The van der Waals surface area contributed by atoms with Crippen LogP contribution in [-0.4, -0.2) is 14.2 Å². The second-order valence-electron chi connectivity index (χ2n) is 4.93. The molecule has 2 rings (SSSR count). The van der Waals surface area contributed by atoms with Gasteiger partial charge in [-0.2, -0.15) is 0 Å². The van der Waals surface area contributed by atoms with Crippen LogP contribution in [0.4, 0.5) is 11.4 Å². The molecular formula is C15H17ClN2O2S. The van der Waals surface area contributed by atoms with Crippen LogP contribution in [-0.2, 0) is 10.0 Å². The number of nitrogens with two attached hydrogens (primary N) is 1. The third-order valence-electron chi connectivity index (χ3n) is 3.10. The fourth-order valence-corrected chi connectivity index (χ4v) is 3.77. The van der Waals surface area contributed by atoms with Crippen LogP contribution in [0.25, 0.3) is 0 Å². The van der Waals surface area contributed by atoms with E-state index in [-0.39, 0.29) is 16.7 Å². The molecule has 0 radical (unpaired) electrons. The van der Waals surface area contributed by atoms with Crippen molar-refractivity contribution in [3.63, 3.8) is 0 Å². The Morgan fingerprint density at radius 2 is 1.86 bits per heavy atom. The van der Waals surface area contributed by atoms with E-state index in [9.17, 15) is 8.42 Å². The van der Waals surface area contributed by atoms with Gasteiger partial charge in [-0.15, -0.1) is 0 Å². The van der Waals surface area contributed by atoms with Crippen LogP contribution < -0.4 is 10.5 Å². The Morgan fingerprint density at radius 1 is 1.19 bits per heavy atom. The molecule has 0 amide bonds. The van der Waals surface area contributed by atoms with E-state index >= 15 is 0 Å². The average molecular weight is 325 g/mol. The lowest BCUT2D eigenvalue weighted by atomic mass is 10.0. The summed E-state index contributed by atoms with van der Waals surface area (Å²) in [5, 5.41) is 0.283. The number of nitrogens with one attached hydrogen (secondary N) is 1. The number of sulfonamides is 1. The SMILES string of the molecule is CC(CS(=O)(=O)Nc1ccc(N)cc1Cl)c1ccccc1. The standard InChI is InChI=1S/C15H17ClN2O2S/c1-11(12-5-3-2-4-6-12)10-21(19,20)18-15-8-7-13(17)9-14(15)16/h2-9,11,18H,10,17H2,1H3. The Bertz CT molecular complexity index is 718. The van der Waals surface area contributed by atoms with Crippen molar-refractivity contribution >= 4 is 33.0 Å². The third kappa shape index (κ3) is 4.37. The number of hydrogen-bond acceptors (Lipinski definition) is 3. The minimum Gasteiger partial charge on any atom is -0.399 e. The summed E-state index contributed by atoms with van der Waals surface area (Å²) >= 11 is 5.98. The molecule has 0 spiro atoms. The van der Waals surface area contributed by atoms with Crippen LogP contribution in [0.5, 0.6) is 0 Å². The van der Waals surface area contributed by atoms with E-state index in [0.717, 1.165) is 5.56 Å². The number of benzene rings is 2. The highest BCUT2D eigenvalue weighted by atomic mass is 35.5. The number of hydrogen-bond donors (Lipinski definition) is 2. The summed E-state index contributed by atoms with van der Waals surface area (Å²) < 4.78 is 26.9. The highest BCUT2D eigenvalue weighted by Gasteiger charge is 2.18. The van der Waals surface area contributed by atoms with E-state index in [1.807, 2.05) is 37.3 Å². The van der Waals surface area contributed by atoms with E-state index in [2.05, 4.69) is 4.72 Å². The molecule has 0 aliphatic carbocycles. The molecule has 0 aliphatic heterocycles. The molecule has 21 heavy (non-hydrogen) atoms. The maximum atomic E-state index is 12.2. The summed E-state index contributed by atoms with van der Waals surface area (Å²) in [6, 6.07) is 14.2. The van der Waals surface area contributed by atoms with Crippen LogP contribution >= 0.6 is 11.6 Å². The van der Waals surface area contributed by atoms with Crippen molar-refractivity contribution in [3.05, 3.63) is 59.1 Å². The van der Waals surface area contributed by atoms with Crippen LogP contribution in [0.2, 0.25) is 5.02 Å². The molecule has 4 nitrogen and oxygen atoms in total. The van der Waals surface area contributed by atoms with Crippen molar-refractivity contribution in [2.75, 3.05) is 16.2 Å². The summed E-state index contributed by atoms with van der Waals surface area (Å²) in [6.45, 7) is 1.87. The monoisotopic (exact) mass is 324 g/mol. The van der Waals surface area contributed by atoms with Gasteiger partial charge in [-0.1, -0.05) is 48.9 Å². The number of halogens is 1. The first-order valence-electron chi connectivity index (χ1n) is 6.48. The second kappa shape index (κ2) is 6.37. The van der Waals surface area contributed by atoms with Gasteiger partial charge in [-0.3, -0.25) is 4.72 Å². The van der Waals surface area contributed by atoms with Gasteiger partial charge in [0.1, 0.15) is 0 Å². The molecule has 6 heteroatoms. The first kappa shape index (κ1) is 15.7. The fraction of sp³-hybridized carbons (Fsp3) is 0.200. The van der Waals surface area contributed by atoms with Crippen molar-refractivity contribution in [1.29, 1.82) is 0 Å². The second-order valence-corrected chi connectivity index (χ2v) is 7.11. The maximum absolute atomic E-state index is 12.2. The number of nitrogen functional groups attached to an aromatic ring is 1. The fourth-order valence-electron chi connectivity index (χ4n) is 2.03. The predicted octanol–water partition coefficient (Wildman–Crippen LogP) is 3.47. The molecule has 1 atom stereocenters. The van der Waals surface area contributed by atoms with Gasteiger partial charge < -0.3 is 5.73 Å². The minimum atomic E-state index is -3.49. The normalized spacial score (nSPS) is 12.9. The molecule has 2 aromatic rings. The zero-order valence-electron chi connectivity index (χ0n) is 11.6. The Morgan fingerprint density at radius 3 is 2.48 bits per heavy atom. The van der Waals surface area contributed by atoms with Gasteiger partial charge in [0.05, 0.1) is 16.5 Å². The first-order valence-corrected chi connectivity index (χ1v) is 8.51. The van der Waals surface area contributed by atoms with Gasteiger partial charge in [0, 0.05) is 5.69 Å². The zero-order chi connectivity index (χ0) is 15.5. The largest absolute Gasteiger partial charge is 0.399 e. The Hall–Kier alpha value is -1.72. The van der Waals surface area contributed by atoms with Crippen molar-refractivity contribution < 1.29 is 8.42 Å². The summed E-state index contributed by atoms with van der Waals surface area (Å²) in [5.41, 5.74) is 7.39. The van der Waals surface area contributed by atoms with Gasteiger partial charge in [-0.05, 0) is 29.7 Å². The molecule has 0 aliphatic rings. The summed E-state index contributed by atoms with van der Waals surface area (Å²) in [7, 11) is -3.49. The molecule has 1 unspecified atom stereocenters. The van der Waals surface area contributed by atoms with Gasteiger partial charge >= 0.3 is 0 Å². The van der Waals surface area contributed by atoms with Crippen LogP contribution in [0.15, 0.2) is 48.5 Å². The molecule has 112 valence electrons. The summed E-state index contributed by atoms with van der Waals surface area (Å²) in [4.78, 5) is 0. The molecular weight excluding hydrogens is 308 g/mol. The lowest BCUT2D eigenvalue weighted by Gasteiger charge is -2.14. The van der Waals surface area contributed by atoms with Crippen LogP contribution in [0, 0.1) is 0 Å². The smallest absolute Gasteiger partial charge is 0.233 e. The average Bonchev–Trinajstić information content (AvgIpc) is 2.42. The zero-order valence-corrected chi connectivity index (χ0v) is 13.2. The molecule has 0 saturated heterocycles. The molecule has 0 fully saturated rings. The topological polar surface area (TPSA) is 72.2 Å². The Balaban J connectivity index is 2.12. The van der Waals surface area contributed by atoms with Gasteiger partial charge in [0.15, 0.2) is 0 Å². The van der Waals surface area contributed by atoms with Gasteiger partial charge in [0.25, 0.3) is 0 Å². The lowest BCUT2D eigenvalue weighted by molar-refractivity contribution is 0.595. The van der Waals surface area contributed by atoms with Crippen LogP contribution in [0.1, 0.15) is 18.4 Å². The Labute approximate surface area is 130 Å². The Kier molecular flexibility index (Phi) is 4.75. The molecule has 2 aromatic carbocycles. The summed E-state index contributed by atoms with van der Waals surface area (Å²) in [6.07, 6.45) is 0. The summed E-state index contributed by atoms with van der Waals surface area (Å²) in [5.74, 6) is -0.131. The van der Waals surface area contributed by atoms with E-state index in [1.54, 1.807) is 12.1 Å². The predicted molar refractivity (Wildman–Crippen MR) is 88.1 cm³/mol. The van der Waals surface area contributed by atoms with Crippen molar-refractivity contribution in [3.8, 4) is 0 Å². The number of anilines is 2. The third-order valence-corrected chi connectivity index (χ3v) is 4.88. The minimum absolute atomic E-state index is 0.0162. The molecule has 0 aromatic heterocycles. The molecule has 3 N–H and O–H groups in total. The van der Waals surface area contributed by atoms with E-state index in [0.29, 0.717) is 11.4 Å². The highest BCUT2D eigenvalue weighted by molar-refractivity contribution is 7.92. The van der Waals surface area contributed by atoms with Crippen LogP contribution in [0.3, 0.4) is 0 Å². The molecule has 0 saturated carbocycles. The molecule has 0 heterocycles. The van der Waals surface area contributed by atoms with E-state index in [1.165, 1.54) is 6.07 Å². The highest BCUT2D eigenvalue weighted by Crippen LogP contribution is 2.26. The van der Waals surface area contributed by atoms with Gasteiger partial charge in [0.2, 0.25) is 10.0 Å². The van der Waals surface area contributed by atoms with Crippen molar-refractivity contribution in [2.24, 2.45) is 0 Å². The van der Waals surface area contributed by atoms with E-state index in [4.69, 9.17) is 17.3 Å². The molecule has 0 bridgehead atoms. The quantitative estimate of drug-likeness (QED) is 0.827. The first-order chi connectivity index (χ1) is 9.87. The van der Waals surface area contributed by atoms with Gasteiger partial charge in [-0.25, -0.2) is 8.42 Å².